The molecule has 1 fully saturated rings. The third-order valence-electron chi connectivity index (χ3n) is 7.48. The van der Waals surface area contributed by atoms with Crippen LogP contribution in [-0.2, 0) is 0 Å². The molecule has 1 aliphatic carbocycles. The van der Waals surface area contributed by atoms with Gasteiger partial charge in [0.05, 0.1) is 10.8 Å². The molecule has 0 aliphatic heterocycles. The lowest BCUT2D eigenvalue weighted by atomic mass is 9.81. The monoisotopic (exact) mass is 438 g/mol. The smallest absolute Gasteiger partial charge is 0.347 e. The van der Waals surface area contributed by atoms with E-state index in [1.807, 2.05) is 18.2 Å². The van der Waals surface area contributed by atoms with Crippen molar-refractivity contribution in [2.24, 2.45) is 0 Å². The Labute approximate surface area is 187 Å². The summed E-state index contributed by atoms with van der Waals surface area (Å²) in [6.07, 6.45) is 4.34. The number of alkyl halides is 1. The molecule has 3 nitrogen and oxygen atoms in total. The Hall–Kier alpha value is -3.17. The second kappa shape index (κ2) is 6.43. The van der Waals surface area contributed by atoms with E-state index < -0.39 is 11.3 Å². The molecule has 6 aromatic rings. The first-order chi connectivity index (χ1) is 15.6. The summed E-state index contributed by atoms with van der Waals surface area (Å²) in [5, 5.41) is 9.71. The Morgan fingerprint density at radius 1 is 0.656 bits per heavy atom. The molecule has 0 bridgehead atoms. The Morgan fingerprint density at radius 3 is 2.16 bits per heavy atom. The van der Waals surface area contributed by atoms with Crippen LogP contribution in [0.1, 0.15) is 37.2 Å². The zero-order valence-corrected chi connectivity index (χ0v) is 18.0. The number of rotatable bonds is 1. The molecule has 0 atom stereocenters. The molecule has 5 aromatic carbocycles. The van der Waals surface area contributed by atoms with Crippen LogP contribution in [-0.4, -0.2) is 5.38 Å². The van der Waals surface area contributed by atoms with Crippen LogP contribution in [0.4, 0.5) is 0 Å². The molecule has 0 N–H and O–H groups in total. The van der Waals surface area contributed by atoms with Gasteiger partial charge in [-0.25, -0.2) is 9.59 Å². The van der Waals surface area contributed by atoms with Crippen LogP contribution in [0.15, 0.2) is 68.6 Å². The van der Waals surface area contributed by atoms with Crippen molar-refractivity contribution in [1.29, 1.82) is 0 Å². The third-order valence-corrected chi connectivity index (χ3v) is 7.91. The summed E-state index contributed by atoms with van der Waals surface area (Å²) in [4.78, 5) is 24.9. The summed E-state index contributed by atoms with van der Waals surface area (Å²) in [5.41, 5.74) is 0.255. The van der Waals surface area contributed by atoms with E-state index in [4.69, 9.17) is 16.0 Å². The van der Waals surface area contributed by atoms with Gasteiger partial charge in [0.25, 0.3) is 0 Å². The lowest BCUT2D eigenvalue weighted by Gasteiger charge is -2.26. The molecule has 0 spiro atoms. The van der Waals surface area contributed by atoms with Crippen LogP contribution in [0.2, 0.25) is 0 Å². The van der Waals surface area contributed by atoms with Gasteiger partial charge in [-0.05, 0) is 86.3 Å². The molecule has 1 heterocycles. The summed E-state index contributed by atoms with van der Waals surface area (Å²) in [5.74, 6) is 0.516. The molecular formula is C28H19ClO3. The van der Waals surface area contributed by atoms with E-state index >= 15 is 0 Å². The number of hydrogen-bond donors (Lipinski definition) is 0. The van der Waals surface area contributed by atoms with E-state index in [1.54, 1.807) is 0 Å². The SMILES string of the molecule is O=c1oc(=O)c2c1cc1c3cccc4cc(C5CCC(Cl)CC5)cc(c5cccc2c51)c43. The van der Waals surface area contributed by atoms with Crippen molar-refractivity contribution in [2.75, 3.05) is 0 Å². The second-order valence-corrected chi connectivity index (χ2v) is 9.79. The lowest BCUT2D eigenvalue weighted by Crippen LogP contribution is -2.12. The van der Waals surface area contributed by atoms with Crippen molar-refractivity contribution in [2.45, 2.75) is 37.0 Å². The van der Waals surface area contributed by atoms with Gasteiger partial charge in [0.2, 0.25) is 0 Å². The van der Waals surface area contributed by atoms with Gasteiger partial charge in [0, 0.05) is 5.38 Å². The first-order valence-electron chi connectivity index (χ1n) is 11.2. The van der Waals surface area contributed by atoms with Gasteiger partial charge in [0.1, 0.15) is 0 Å². The molecule has 156 valence electrons. The minimum atomic E-state index is -0.559. The Kier molecular flexibility index (Phi) is 3.70. The molecule has 7 rings (SSSR count). The lowest BCUT2D eigenvalue weighted by molar-refractivity contribution is 0.449. The molecule has 1 saturated carbocycles. The fraction of sp³-hybridized carbons (Fsp3) is 0.214. The molecule has 32 heavy (non-hydrogen) atoms. The van der Waals surface area contributed by atoms with Gasteiger partial charge in [-0.15, -0.1) is 11.6 Å². The topological polar surface area (TPSA) is 47.3 Å². The van der Waals surface area contributed by atoms with Gasteiger partial charge >= 0.3 is 11.3 Å². The summed E-state index contributed by atoms with van der Waals surface area (Å²) in [6.45, 7) is 0. The number of furan rings is 1. The minimum Gasteiger partial charge on any atom is -0.386 e. The van der Waals surface area contributed by atoms with Crippen molar-refractivity contribution in [1.82, 2.24) is 0 Å². The molecule has 1 aromatic heterocycles. The van der Waals surface area contributed by atoms with E-state index in [0.717, 1.165) is 52.6 Å². The highest BCUT2D eigenvalue weighted by atomic mass is 35.5. The van der Waals surface area contributed by atoms with Crippen LogP contribution in [0.5, 0.6) is 0 Å². The predicted octanol–water partition coefficient (Wildman–Crippen LogP) is 6.91. The average molecular weight is 439 g/mol. The highest BCUT2D eigenvalue weighted by Crippen LogP contribution is 2.44. The van der Waals surface area contributed by atoms with Crippen LogP contribution < -0.4 is 11.3 Å². The number of hydrogen-bond acceptors (Lipinski definition) is 3. The maximum absolute atomic E-state index is 12.5. The molecular weight excluding hydrogens is 420 g/mol. The zero-order chi connectivity index (χ0) is 21.6. The Morgan fingerprint density at radius 2 is 1.34 bits per heavy atom. The molecule has 4 heteroatoms. The van der Waals surface area contributed by atoms with E-state index in [2.05, 4.69) is 36.4 Å². The number of benzene rings is 5. The summed E-state index contributed by atoms with van der Waals surface area (Å²) in [7, 11) is 0. The normalized spacial score (nSPS) is 19.8. The van der Waals surface area contributed by atoms with Crippen LogP contribution in [0, 0.1) is 0 Å². The molecule has 0 saturated heterocycles. The van der Waals surface area contributed by atoms with Gasteiger partial charge in [-0.2, -0.15) is 0 Å². The maximum atomic E-state index is 12.5. The van der Waals surface area contributed by atoms with E-state index in [9.17, 15) is 9.59 Å². The van der Waals surface area contributed by atoms with Crippen molar-refractivity contribution >= 4 is 65.5 Å². The molecule has 0 radical (unpaired) electrons. The Balaban J connectivity index is 1.68. The molecule has 1 aliphatic rings. The molecule has 0 unspecified atom stereocenters. The first-order valence-corrected chi connectivity index (χ1v) is 11.6. The average Bonchev–Trinajstić information content (AvgIpc) is 3.10. The minimum absolute atomic E-state index is 0.293. The summed E-state index contributed by atoms with van der Waals surface area (Å²) >= 11 is 6.37. The van der Waals surface area contributed by atoms with E-state index in [1.165, 1.54) is 21.7 Å². The molecule has 0 amide bonds. The van der Waals surface area contributed by atoms with Crippen LogP contribution in [0.3, 0.4) is 0 Å². The summed E-state index contributed by atoms with van der Waals surface area (Å²) in [6, 6.07) is 18.9. The van der Waals surface area contributed by atoms with Crippen molar-refractivity contribution in [3.8, 4) is 0 Å². The highest BCUT2D eigenvalue weighted by Gasteiger charge is 2.23. The summed E-state index contributed by atoms with van der Waals surface area (Å²) < 4.78 is 4.97. The first kappa shape index (κ1) is 18.4. The van der Waals surface area contributed by atoms with Crippen molar-refractivity contribution in [3.63, 3.8) is 0 Å². The maximum Gasteiger partial charge on any atom is 0.347 e. The van der Waals surface area contributed by atoms with Crippen LogP contribution in [0.25, 0.3) is 53.9 Å². The quantitative estimate of drug-likeness (QED) is 0.159. The van der Waals surface area contributed by atoms with E-state index in [0.29, 0.717) is 22.1 Å². The Bertz CT molecular complexity index is 1790. The number of fused-ring (bicyclic) bond motifs is 4. The van der Waals surface area contributed by atoms with E-state index in [-0.39, 0.29) is 0 Å². The largest absolute Gasteiger partial charge is 0.386 e. The third kappa shape index (κ3) is 2.37. The number of halogens is 1. The highest BCUT2D eigenvalue weighted by molar-refractivity contribution is 6.36. The fourth-order valence-corrected chi connectivity index (χ4v) is 6.25. The van der Waals surface area contributed by atoms with Crippen LogP contribution >= 0.6 is 11.6 Å². The van der Waals surface area contributed by atoms with Gasteiger partial charge < -0.3 is 4.42 Å². The zero-order valence-electron chi connectivity index (χ0n) is 17.3. The standard InChI is InChI=1S/C28H19ClO3/c29-17-9-7-14(8-10-17)16-11-15-3-1-4-18-22-13-23-26(28(31)32-27(23)30)20-6-2-5-19(25(20)22)21(12-16)24(15)18/h1-6,11-14,17H,7-10H2. The van der Waals surface area contributed by atoms with Crippen molar-refractivity contribution in [3.05, 3.63) is 81.0 Å². The fourth-order valence-electron chi connectivity index (χ4n) is 6.00. The van der Waals surface area contributed by atoms with Gasteiger partial charge in [-0.3, -0.25) is 0 Å². The van der Waals surface area contributed by atoms with Gasteiger partial charge in [0.15, 0.2) is 0 Å². The predicted molar refractivity (Wildman–Crippen MR) is 132 cm³/mol. The van der Waals surface area contributed by atoms with Gasteiger partial charge in [-0.1, -0.05) is 48.5 Å². The van der Waals surface area contributed by atoms with Crippen molar-refractivity contribution < 1.29 is 4.42 Å². The second-order valence-electron chi connectivity index (χ2n) is 9.17.